The number of aliphatic hydroxyl groups is 1. The molecule has 0 bridgehead atoms. The van der Waals surface area contributed by atoms with Crippen LogP contribution in [0.15, 0.2) is 0 Å². The maximum atomic E-state index is 11.5. The molecule has 1 unspecified atom stereocenters. The maximum absolute atomic E-state index is 11.5. The average molecular weight is 200 g/mol. The Labute approximate surface area is 85.1 Å². The lowest BCUT2D eigenvalue weighted by Gasteiger charge is -2.44. The molecule has 1 saturated heterocycles. The molecule has 1 heterocycles. The van der Waals surface area contributed by atoms with Crippen LogP contribution in [0.25, 0.3) is 0 Å². The zero-order valence-corrected chi connectivity index (χ0v) is 8.99. The van der Waals surface area contributed by atoms with Gasteiger partial charge in [-0.1, -0.05) is 0 Å². The minimum absolute atomic E-state index is 0.136. The Balaban J connectivity index is 2.12. The summed E-state index contributed by atoms with van der Waals surface area (Å²) in [7, 11) is 0. The molecular weight excluding hydrogens is 180 g/mol. The lowest BCUT2D eigenvalue weighted by atomic mass is 9.96. The number of nitrogens with zero attached hydrogens (tertiary/aromatic N) is 1. The quantitative estimate of drug-likeness (QED) is 0.676. The van der Waals surface area contributed by atoms with Gasteiger partial charge in [-0.25, -0.2) is 0 Å². The van der Waals surface area contributed by atoms with Gasteiger partial charge < -0.3 is 15.7 Å². The minimum Gasteiger partial charge on any atom is -0.386 e. The number of rotatable bonds is 4. The number of carbonyl (C=O) groups is 1. The SMILES string of the molecule is CC(N)CCCC(=O)N1CC(C)(O)C1. The van der Waals surface area contributed by atoms with Crippen molar-refractivity contribution >= 4 is 5.91 Å². The predicted octanol–water partition coefficient (Wildman–Crippen LogP) is 0.0971. The van der Waals surface area contributed by atoms with Crippen LogP contribution in [0.4, 0.5) is 0 Å². The number of hydrogen-bond donors (Lipinski definition) is 2. The first kappa shape index (κ1) is 11.5. The monoisotopic (exact) mass is 200 g/mol. The second kappa shape index (κ2) is 4.28. The van der Waals surface area contributed by atoms with E-state index in [1.807, 2.05) is 6.92 Å². The highest BCUT2D eigenvalue weighted by atomic mass is 16.3. The minimum atomic E-state index is -0.656. The van der Waals surface area contributed by atoms with E-state index in [1.165, 1.54) is 0 Å². The Bertz CT molecular complexity index is 206. The third-order valence-electron chi connectivity index (χ3n) is 2.47. The summed E-state index contributed by atoms with van der Waals surface area (Å²) >= 11 is 0. The number of nitrogens with two attached hydrogens (primary N) is 1. The lowest BCUT2D eigenvalue weighted by molar-refractivity contribution is -0.152. The smallest absolute Gasteiger partial charge is 0.222 e. The predicted molar refractivity (Wildman–Crippen MR) is 54.7 cm³/mol. The van der Waals surface area contributed by atoms with Crippen LogP contribution in [0, 0.1) is 0 Å². The summed E-state index contributed by atoms with van der Waals surface area (Å²) in [6.07, 6.45) is 2.28. The van der Waals surface area contributed by atoms with Crippen LogP contribution in [0.1, 0.15) is 33.1 Å². The van der Waals surface area contributed by atoms with Gasteiger partial charge in [0.1, 0.15) is 0 Å². The summed E-state index contributed by atoms with van der Waals surface area (Å²) in [6.45, 7) is 4.64. The molecule has 1 atom stereocenters. The van der Waals surface area contributed by atoms with Gasteiger partial charge in [-0.05, 0) is 26.7 Å². The van der Waals surface area contributed by atoms with E-state index in [4.69, 9.17) is 5.73 Å². The number of likely N-dealkylation sites (tertiary alicyclic amines) is 1. The number of carbonyl (C=O) groups excluding carboxylic acids is 1. The normalized spacial score (nSPS) is 21.6. The molecule has 0 radical (unpaired) electrons. The molecule has 1 amide bonds. The fraction of sp³-hybridized carbons (Fsp3) is 0.900. The molecule has 4 nitrogen and oxygen atoms in total. The van der Waals surface area contributed by atoms with Gasteiger partial charge in [0, 0.05) is 12.5 Å². The summed E-state index contributed by atoms with van der Waals surface area (Å²) in [4.78, 5) is 13.2. The van der Waals surface area contributed by atoms with Crippen LogP contribution in [0.2, 0.25) is 0 Å². The summed E-state index contributed by atoms with van der Waals surface area (Å²) < 4.78 is 0. The van der Waals surface area contributed by atoms with E-state index in [1.54, 1.807) is 11.8 Å². The Morgan fingerprint density at radius 3 is 2.64 bits per heavy atom. The molecule has 0 aliphatic carbocycles. The highest BCUT2D eigenvalue weighted by Gasteiger charge is 2.38. The van der Waals surface area contributed by atoms with Crippen molar-refractivity contribution < 1.29 is 9.90 Å². The third-order valence-corrected chi connectivity index (χ3v) is 2.47. The van der Waals surface area contributed by atoms with Crippen molar-refractivity contribution in [2.75, 3.05) is 13.1 Å². The van der Waals surface area contributed by atoms with Gasteiger partial charge in [0.15, 0.2) is 0 Å². The molecular formula is C10H20N2O2. The molecule has 1 aliphatic heterocycles. The number of β-amino-alcohol motifs (C(OH)–C–C–N with tert-alkyl or cyclic N) is 1. The third kappa shape index (κ3) is 3.27. The molecule has 0 saturated carbocycles. The summed E-state index contributed by atoms with van der Waals surface area (Å²) in [6, 6.07) is 0.169. The van der Waals surface area contributed by atoms with Gasteiger partial charge in [-0.15, -0.1) is 0 Å². The Morgan fingerprint density at radius 1 is 1.64 bits per heavy atom. The first-order valence-electron chi connectivity index (χ1n) is 5.16. The fourth-order valence-corrected chi connectivity index (χ4v) is 1.69. The average Bonchev–Trinajstić information content (AvgIpc) is 1.99. The molecule has 0 spiro atoms. The van der Waals surface area contributed by atoms with Crippen LogP contribution in [-0.4, -0.2) is 40.6 Å². The Morgan fingerprint density at radius 2 is 2.21 bits per heavy atom. The van der Waals surface area contributed by atoms with Crippen molar-refractivity contribution in [2.45, 2.75) is 44.8 Å². The maximum Gasteiger partial charge on any atom is 0.222 e. The Hall–Kier alpha value is -0.610. The second-order valence-corrected chi connectivity index (χ2v) is 4.62. The molecule has 3 N–H and O–H groups in total. The summed E-state index contributed by atoms with van der Waals surface area (Å²) in [5, 5.41) is 9.43. The van der Waals surface area contributed by atoms with Crippen molar-refractivity contribution in [2.24, 2.45) is 5.73 Å². The van der Waals surface area contributed by atoms with Crippen molar-refractivity contribution in [3.8, 4) is 0 Å². The molecule has 4 heteroatoms. The highest BCUT2D eigenvalue weighted by molar-refractivity contribution is 5.77. The van der Waals surface area contributed by atoms with Crippen LogP contribution >= 0.6 is 0 Å². The molecule has 82 valence electrons. The summed E-state index contributed by atoms with van der Waals surface area (Å²) in [5.74, 6) is 0.136. The molecule has 0 aromatic rings. The number of amides is 1. The number of hydrogen-bond acceptors (Lipinski definition) is 3. The molecule has 0 aromatic carbocycles. The lowest BCUT2D eigenvalue weighted by Crippen LogP contribution is -2.61. The van der Waals surface area contributed by atoms with Crippen LogP contribution in [-0.2, 0) is 4.79 Å². The van der Waals surface area contributed by atoms with E-state index in [0.717, 1.165) is 12.8 Å². The van der Waals surface area contributed by atoms with Crippen LogP contribution < -0.4 is 5.73 Å². The van der Waals surface area contributed by atoms with E-state index in [9.17, 15) is 9.90 Å². The molecule has 1 fully saturated rings. The van der Waals surface area contributed by atoms with E-state index in [0.29, 0.717) is 19.5 Å². The van der Waals surface area contributed by atoms with E-state index >= 15 is 0 Å². The van der Waals surface area contributed by atoms with Gasteiger partial charge in [0.2, 0.25) is 5.91 Å². The van der Waals surface area contributed by atoms with Gasteiger partial charge >= 0.3 is 0 Å². The molecule has 0 aromatic heterocycles. The second-order valence-electron chi connectivity index (χ2n) is 4.62. The molecule has 1 aliphatic rings. The van der Waals surface area contributed by atoms with Crippen molar-refractivity contribution in [3.63, 3.8) is 0 Å². The zero-order valence-electron chi connectivity index (χ0n) is 8.99. The van der Waals surface area contributed by atoms with Crippen molar-refractivity contribution in [1.29, 1.82) is 0 Å². The zero-order chi connectivity index (χ0) is 10.8. The molecule has 14 heavy (non-hydrogen) atoms. The largest absolute Gasteiger partial charge is 0.386 e. The van der Waals surface area contributed by atoms with Gasteiger partial charge in [-0.3, -0.25) is 4.79 Å². The molecule has 1 rings (SSSR count). The van der Waals surface area contributed by atoms with Crippen LogP contribution in [0.3, 0.4) is 0 Å². The van der Waals surface area contributed by atoms with E-state index in [2.05, 4.69) is 0 Å². The fourth-order valence-electron chi connectivity index (χ4n) is 1.69. The van der Waals surface area contributed by atoms with Gasteiger partial charge in [-0.2, -0.15) is 0 Å². The summed E-state index contributed by atoms with van der Waals surface area (Å²) in [5.41, 5.74) is 4.92. The van der Waals surface area contributed by atoms with E-state index in [-0.39, 0.29) is 11.9 Å². The van der Waals surface area contributed by atoms with Gasteiger partial charge in [0.05, 0.1) is 18.7 Å². The first-order chi connectivity index (χ1) is 6.41. The van der Waals surface area contributed by atoms with Gasteiger partial charge in [0.25, 0.3) is 0 Å². The van der Waals surface area contributed by atoms with Crippen molar-refractivity contribution in [1.82, 2.24) is 4.90 Å². The standard InChI is InChI=1S/C10H20N2O2/c1-8(11)4-3-5-9(13)12-6-10(2,14)7-12/h8,14H,3-7,11H2,1-2H3. The topological polar surface area (TPSA) is 66.6 Å². The Kier molecular flexibility index (Phi) is 3.50. The highest BCUT2D eigenvalue weighted by Crippen LogP contribution is 2.20. The van der Waals surface area contributed by atoms with E-state index < -0.39 is 5.60 Å². The van der Waals surface area contributed by atoms with Crippen molar-refractivity contribution in [3.05, 3.63) is 0 Å². The van der Waals surface area contributed by atoms with Crippen LogP contribution in [0.5, 0.6) is 0 Å². The first-order valence-corrected chi connectivity index (χ1v) is 5.16.